The van der Waals surface area contributed by atoms with Crippen molar-refractivity contribution in [2.75, 3.05) is 5.32 Å². The minimum Gasteiger partial charge on any atom is -0.334 e. The molecule has 4 nitrogen and oxygen atoms in total. The molecule has 1 aromatic heterocycles. The van der Waals surface area contributed by atoms with E-state index in [2.05, 4.69) is 15.6 Å². The summed E-state index contributed by atoms with van der Waals surface area (Å²) in [5.74, 6) is -0.294. The number of aromatic nitrogens is 1. The van der Waals surface area contributed by atoms with E-state index in [-0.39, 0.29) is 11.8 Å². The lowest BCUT2D eigenvalue weighted by Gasteiger charge is -2.08. The summed E-state index contributed by atoms with van der Waals surface area (Å²) in [6.07, 6.45) is 0. The number of carbonyl (C=O) groups is 1. The largest absolute Gasteiger partial charge is 0.334 e. The van der Waals surface area contributed by atoms with Gasteiger partial charge in [0.15, 0.2) is 0 Å². The van der Waals surface area contributed by atoms with Gasteiger partial charge < -0.3 is 10.6 Å². The van der Waals surface area contributed by atoms with E-state index >= 15 is 0 Å². The van der Waals surface area contributed by atoms with E-state index in [1.165, 1.54) is 12.1 Å². The Morgan fingerprint density at radius 1 is 1.21 bits per heavy atom. The monoisotopic (exact) mass is 341 g/mol. The lowest BCUT2D eigenvalue weighted by molar-refractivity contribution is 0.251. The number of thiazole rings is 1. The zero-order valence-corrected chi connectivity index (χ0v) is 13.9. The van der Waals surface area contributed by atoms with E-state index < -0.39 is 0 Å². The minimum absolute atomic E-state index is 0.294. The number of aryl methyl sites for hydroxylation is 1. The van der Waals surface area contributed by atoms with Crippen LogP contribution in [0.15, 0.2) is 53.9 Å². The van der Waals surface area contributed by atoms with Crippen LogP contribution in [0, 0.1) is 12.7 Å². The van der Waals surface area contributed by atoms with Gasteiger partial charge in [-0.3, -0.25) is 0 Å². The van der Waals surface area contributed by atoms with Crippen molar-refractivity contribution in [2.24, 2.45) is 0 Å². The second kappa shape index (κ2) is 7.23. The third-order valence-electron chi connectivity index (χ3n) is 3.35. The van der Waals surface area contributed by atoms with Crippen LogP contribution in [0.5, 0.6) is 0 Å². The molecule has 0 spiro atoms. The van der Waals surface area contributed by atoms with E-state index in [0.717, 1.165) is 21.8 Å². The van der Waals surface area contributed by atoms with E-state index in [1.807, 2.05) is 36.6 Å². The summed E-state index contributed by atoms with van der Waals surface area (Å²) in [6.45, 7) is 2.28. The molecular weight excluding hydrogens is 325 g/mol. The number of hydrogen-bond donors (Lipinski definition) is 2. The van der Waals surface area contributed by atoms with Crippen LogP contribution in [0.1, 0.15) is 11.3 Å². The summed E-state index contributed by atoms with van der Waals surface area (Å²) < 4.78 is 12.8. The number of carbonyl (C=O) groups excluding carboxylic acids is 1. The topological polar surface area (TPSA) is 54.0 Å². The first-order chi connectivity index (χ1) is 11.6. The fourth-order valence-corrected chi connectivity index (χ4v) is 2.97. The van der Waals surface area contributed by atoms with Crippen LogP contribution >= 0.6 is 11.3 Å². The lowest BCUT2D eigenvalue weighted by atomic mass is 10.2. The fourth-order valence-electron chi connectivity index (χ4n) is 2.18. The first-order valence-corrected chi connectivity index (χ1v) is 8.30. The highest BCUT2D eigenvalue weighted by atomic mass is 32.1. The van der Waals surface area contributed by atoms with Gasteiger partial charge >= 0.3 is 6.03 Å². The Morgan fingerprint density at radius 2 is 2.00 bits per heavy atom. The van der Waals surface area contributed by atoms with E-state index in [1.54, 1.807) is 23.5 Å². The highest BCUT2D eigenvalue weighted by Crippen LogP contribution is 2.25. The van der Waals surface area contributed by atoms with Crippen LogP contribution in [-0.4, -0.2) is 11.0 Å². The molecule has 0 saturated heterocycles. The number of anilines is 1. The van der Waals surface area contributed by atoms with Crippen molar-refractivity contribution in [3.63, 3.8) is 0 Å². The molecule has 0 unspecified atom stereocenters. The van der Waals surface area contributed by atoms with Gasteiger partial charge in [-0.25, -0.2) is 14.2 Å². The highest BCUT2D eigenvalue weighted by Gasteiger charge is 2.06. The number of amides is 2. The van der Waals surface area contributed by atoms with Crippen LogP contribution in [0.2, 0.25) is 0 Å². The van der Waals surface area contributed by atoms with Crippen LogP contribution in [-0.2, 0) is 6.54 Å². The second-order valence-corrected chi connectivity index (χ2v) is 6.17. The fraction of sp³-hybridized carbons (Fsp3) is 0.111. The molecule has 0 aliphatic carbocycles. The standard InChI is InChI=1S/C18H16FN3OS/c1-12-11-24-17(21-12)14-3-2-4-16(9-14)22-18(23)20-10-13-5-7-15(19)8-6-13/h2-9,11H,10H2,1H3,(H2,20,22,23). The van der Waals surface area contributed by atoms with E-state index in [4.69, 9.17) is 0 Å². The number of nitrogens with one attached hydrogen (secondary N) is 2. The van der Waals surface area contributed by atoms with E-state index in [0.29, 0.717) is 12.2 Å². The first kappa shape index (κ1) is 16.1. The molecule has 0 bridgehead atoms. The third-order valence-corrected chi connectivity index (χ3v) is 4.36. The SMILES string of the molecule is Cc1csc(-c2cccc(NC(=O)NCc3ccc(F)cc3)c2)n1. The number of hydrogen-bond acceptors (Lipinski definition) is 3. The Hall–Kier alpha value is -2.73. The molecular formula is C18H16FN3OS. The van der Waals surface area contributed by atoms with Crippen molar-refractivity contribution in [2.45, 2.75) is 13.5 Å². The second-order valence-electron chi connectivity index (χ2n) is 5.31. The van der Waals surface area contributed by atoms with Crippen LogP contribution in [0.25, 0.3) is 10.6 Å². The molecule has 2 N–H and O–H groups in total. The summed E-state index contributed by atoms with van der Waals surface area (Å²) >= 11 is 1.57. The van der Waals surface area contributed by atoms with E-state index in [9.17, 15) is 9.18 Å². The van der Waals surface area contributed by atoms with Crippen LogP contribution < -0.4 is 10.6 Å². The molecule has 0 aliphatic heterocycles. The molecule has 24 heavy (non-hydrogen) atoms. The maximum atomic E-state index is 12.8. The smallest absolute Gasteiger partial charge is 0.319 e. The molecule has 0 atom stereocenters. The third kappa shape index (κ3) is 4.17. The van der Waals surface area contributed by atoms with Gasteiger partial charge in [0.2, 0.25) is 0 Å². The summed E-state index contributed by atoms with van der Waals surface area (Å²) in [5, 5.41) is 8.45. The summed E-state index contributed by atoms with van der Waals surface area (Å²) in [7, 11) is 0. The Balaban J connectivity index is 1.61. The molecule has 1 heterocycles. The quantitative estimate of drug-likeness (QED) is 0.730. The zero-order chi connectivity index (χ0) is 16.9. The van der Waals surface area contributed by atoms with Gasteiger partial charge in [0.05, 0.1) is 0 Å². The van der Waals surface area contributed by atoms with Crippen molar-refractivity contribution in [1.29, 1.82) is 0 Å². The predicted octanol–water partition coefficient (Wildman–Crippen LogP) is 4.58. The van der Waals surface area contributed by atoms with Gasteiger partial charge in [0.1, 0.15) is 10.8 Å². The van der Waals surface area contributed by atoms with Crippen molar-refractivity contribution in [3.05, 3.63) is 71.0 Å². The molecule has 0 aliphatic rings. The number of halogens is 1. The Bertz CT molecular complexity index is 845. The number of benzene rings is 2. The Morgan fingerprint density at radius 3 is 2.71 bits per heavy atom. The average molecular weight is 341 g/mol. The van der Waals surface area contributed by atoms with Crippen molar-refractivity contribution >= 4 is 23.1 Å². The molecule has 2 amide bonds. The lowest BCUT2D eigenvalue weighted by Crippen LogP contribution is -2.28. The average Bonchev–Trinajstić information content (AvgIpc) is 3.01. The van der Waals surface area contributed by atoms with Gasteiger partial charge in [0, 0.05) is 28.9 Å². The Kier molecular flexibility index (Phi) is 4.86. The van der Waals surface area contributed by atoms with Gasteiger partial charge in [-0.1, -0.05) is 24.3 Å². The molecule has 0 radical (unpaired) electrons. The number of rotatable bonds is 4. The summed E-state index contributed by atoms with van der Waals surface area (Å²) in [5.41, 5.74) is 3.46. The minimum atomic E-state index is -0.313. The van der Waals surface area contributed by atoms with Crippen molar-refractivity contribution < 1.29 is 9.18 Å². The highest BCUT2D eigenvalue weighted by molar-refractivity contribution is 7.13. The van der Waals surface area contributed by atoms with Crippen LogP contribution in [0.4, 0.5) is 14.9 Å². The predicted molar refractivity (Wildman–Crippen MR) is 94.5 cm³/mol. The van der Waals surface area contributed by atoms with Crippen LogP contribution in [0.3, 0.4) is 0 Å². The molecule has 0 saturated carbocycles. The number of urea groups is 1. The maximum absolute atomic E-state index is 12.8. The molecule has 2 aromatic carbocycles. The normalized spacial score (nSPS) is 10.4. The summed E-state index contributed by atoms with van der Waals surface area (Å²) in [4.78, 5) is 16.4. The molecule has 122 valence electrons. The van der Waals surface area contributed by atoms with Gasteiger partial charge in [-0.05, 0) is 36.8 Å². The first-order valence-electron chi connectivity index (χ1n) is 7.42. The maximum Gasteiger partial charge on any atom is 0.319 e. The van der Waals surface area contributed by atoms with Gasteiger partial charge in [-0.2, -0.15) is 0 Å². The van der Waals surface area contributed by atoms with Crippen molar-refractivity contribution in [3.8, 4) is 10.6 Å². The molecule has 3 rings (SSSR count). The molecule has 0 fully saturated rings. The van der Waals surface area contributed by atoms with Gasteiger partial charge in [0.25, 0.3) is 0 Å². The molecule has 6 heteroatoms. The van der Waals surface area contributed by atoms with Gasteiger partial charge in [-0.15, -0.1) is 11.3 Å². The zero-order valence-electron chi connectivity index (χ0n) is 13.0. The summed E-state index contributed by atoms with van der Waals surface area (Å²) in [6, 6.07) is 13.2. The van der Waals surface area contributed by atoms with Crippen molar-refractivity contribution in [1.82, 2.24) is 10.3 Å². The number of nitrogens with zero attached hydrogens (tertiary/aromatic N) is 1. The Labute approximate surface area is 143 Å². The molecule has 3 aromatic rings.